The molecule has 2 aromatic heterocycles. The van der Waals surface area contributed by atoms with Crippen molar-refractivity contribution in [3.8, 4) is 11.3 Å². The second-order valence-electron chi connectivity index (χ2n) is 4.44. The Kier molecular flexibility index (Phi) is 3.63. The Balaban J connectivity index is 1.69. The van der Waals surface area contributed by atoms with Crippen LogP contribution >= 0.6 is 0 Å². The molecule has 0 saturated carbocycles. The van der Waals surface area contributed by atoms with Gasteiger partial charge in [0.05, 0.1) is 6.54 Å². The van der Waals surface area contributed by atoms with Crippen LogP contribution in [0.2, 0.25) is 0 Å². The summed E-state index contributed by atoms with van der Waals surface area (Å²) < 4.78 is 20.3. The van der Waals surface area contributed by atoms with Gasteiger partial charge >= 0.3 is 0 Å². The van der Waals surface area contributed by atoms with Crippen molar-refractivity contribution in [3.05, 3.63) is 48.0 Å². The summed E-state index contributed by atoms with van der Waals surface area (Å²) in [5.41, 5.74) is 0.834. The lowest BCUT2D eigenvalue weighted by atomic mass is 10.2. The van der Waals surface area contributed by atoms with Crippen LogP contribution in [0.25, 0.3) is 11.3 Å². The fourth-order valence-electron chi connectivity index (χ4n) is 1.95. The minimum absolute atomic E-state index is 0.265. The third-order valence-corrected chi connectivity index (χ3v) is 3.04. The molecule has 0 aliphatic heterocycles. The molecular formula is C14H14FN5O. The maximum absolute atomic E-state index is 12.9. The molecule has 0 aliphatic rings. The molecule has 0 spiro atoms. The van der Waals surface area contributed by atoms with E-state index in [-0.39, 0.29) is 5.82 Å². The average Bonchev–Trinajstić information content (AvgIpc) is 3.14. The Morgan fingerprint density at radius 2 is 2.00 bits per heavy atom. The Morgan fingerprint density at radius 1 is 1.19 bits per heavy atom. The topological polar surface area (TPSA) is 68.8 Å². The summed E-state index contributed by atoms with van der Waals surface area (Å²) in [5, 5.41) is 14.4. The van der Waals surface area contributed by atoms with Crippen LogP contribution in [-0.4, -0.2) is 20.2 Å². The van der Waals surface area contributed by atoms with Crippen LogP contribution in [0.15, 0.2) is 40.8 Å². The van der Waals surface area contributed by atoms with Gasteiger partial charge in [-0.15, -0.1) is 0 Å². The van der Waals surface area contributed by atoms with Crippen LogP contribution in [0.5, 0.6) is 0 Å². The zero-order valence-electron chi connectivity index (χ0n) is 11.5. The molecule has 0 saturated heterocycles. The number of halogens is 1. The maximum atomic E-state index is 12.9. The monoisotopic (exact) mass is 287 g/mol. The van der Waals surface area contributed by atoms with Crippen molar-refractivity contribution in [3.63, 3.8) is 0 Å². The first kappa shape index (κ1) is 13.3. The van der Waals surface area contributed by atoms with E-state index in [9.17, 15) is 4.39 Å². The summed E-state index contributed by atoms with van der Waals surface area (Å²) in [7, 11) is 0. The number of furan rings is 1. The van der Waals surface area contributed by atoms with Gasteiger partial charge in [-0.1, -0.05) is 5.10 Å². The van der Waals surface area contributed by atoms with E-state index < -0.39 is 0 Å². The second-order valence-corrected chi connectivity index (χ2v) is 4.44. The zero-order chi connectivity index (χ0) is 14.7. The van der Waals surface area contributed by atoms with Crippen LogP contribution in [0.3, 0.4) is 0 Å². The van der Waals surface area contributed by atoms with Crippen molar-refractivity contribution >= 4 is 5.95 Å². The van der Waals surface area contributed by atoms with Crippen molar-refractivity contribution < 1.29 is 8.81 Å². The molecule has 1 aromatic carbocycles. The minimum atomic E-state index is -0.265. The summed E-state index contributed by atoms with van der Waals surface area (Å²) in [4.78, 5) is 0. The average molecular weight is 287 g/mol. The van der Waals surface area contributed by atoms with Crippen LogP contribution in [0.1, 0.15) is 12.7 Å². The molecule has 2 heterocycles. The van der Waals surface area contributed by atoms with Gasteiger partial charge < -0.3 is 9.73 Å². The Morgan fingerprint density at radius 3 is 2.76 bits per heavy atom. The largest absolute Gasteiger partial charge is 0.459 e. The van der Waals surface area contributed by atoms with Gasteiger partial charge in [0.25, 0.3) is 0 Å². The smallest absolute Gasteiger partial charge is 0.243 e. The number of aryl methyl sites for hydroxylation is 1. The van der Waals surface area contributed by atoms with Crippen LogP contribution < -0.4 is 5.32 Å². The van der Waals surface area contributed by atoms with Crippen LogP contribution in [0, 0.1) is 5.82 Å². The molecule has 0 fully saturated rings. The lowest BCUT2D eigenvalue weighted by Gasteiger charge is -2.03. The van der Waals surface area contributed by atoms with Crippen molar-refractivity contribution in [1.29, 1.82) is 0 Å². The lowest BCUT2D eigenvalue weighted by molar-refractivity contribution is 0.529. The van der Waals surface area contributed by atoms with E-state index >= 15 is 0 Å². The van der Waals surface area contributed by atoms with Gasteiger partial charge in [-0.2, -0.15) is 0 Å². The molecule has 21 heavy (non-hydrogen) atoms. The first-order chi connectivity index (χ1) is 10.3. The maximum Gasteiger partial charge on any atom is 0.243 e. The molecule has 0 amide bonds. The number of benzene rings is 1. The van der Waals surface area contributed by atoms with Crippen LogP contribution in [0.4, 0.5) is 10.3 Å². The summed E-state index contributed by atoms with van der Waals surface area (Å²) in [6.07, 6.45) is 0. The highest BCUT2D eigenvalue weighted by atomic mass is 19.1. The number of hydrogen-bond donors (Lipinski definition) is 1. The Labute approximate surface area is 120 Å². The quantitative estimate of drug-likeness (QED) is 0.781. The normalized spacial score (nSPS) is 10.8. The summed E-state index contributed by atoms with van der Waals surface area (Å²) >= 11 is 0. The molecule has 0 unspecified atom stereocenters. The molecule has 0 atom stereocenters. The number of anilines is 1. The number of hydrogen-bond acceptors (Lipinski definition) is 5. The second kappa shape index (κ2) is 5.74. The number of nitrogens with one attached hydrogen (secondary N) is 1. The highest BCUT2D eigenvalue weighted by Gasteiger charge is 2.07. The molecule has 3 rings (SSSR count). The highest BCUT2D eigenvalue weighted by molar-refractivity contribution is 5.57. The van der Waals surface area contributed by atoms with Crippen molar-refractivity contribution in [1.82, 2.24) is 20.2 Å². The number of nitrogens with zero attached hydrogens (tertiary/aromatic N) is 4. The molecule has 0 bridgehead atoms. The fourth-order valence-corrected chi connectivity index (χ4v) is 1.95. The van der Waals surface area contributed by atoms with E-state index in [0.29, 0.717) is 24.8 Å². The van der Waals surface area contributed by atoms with Crippen molar-refractivity contribution in [2.75, 3.05) is 5.32 Å². The summed E-state index contributed by atoms with van der Waals surface area (Å²) in [5.74, 6) is 1.78. The molecule has 3 aromatic rings. The van der Waals surface area contributed by atoms with E-state index in [4.69, 9.17) is 4.42 Å². The molecular weight excluding hydrogens is 273 g/mol. The third-order valence-electron chi connectivity index (χ3n) is 3.04. The van der Waals surface area contributed by atoms with E-state index in [0.717, 1.165) is 11.3 Å². The first-order valence-electron chi connectivity index (χ1n) is 6.61. The predicted molar refractivity (Wildman–Crippen MR) is 74.9 cm³/mol. The van der Waals surface area contributed by atoms with E-state index in [2.05, 4.69) is 20.8 Å². The fraction of sp³-hybridized carbons (Fsp3) is 0.214. The number of aromatic nitrogens is 4. The molecule has 6 nitrogen and oxygen atoms in total. The first-order valence-corrected chi connectivity index (χ1v) is 6.61. The van der Waals surface area contributed by atoms with E-state index in [1.54, 1.807) is 16.8 Å². The van der Waals surface area contributed by atoms with Gasteiger partial charge in [0, 0.05) is 12.1 Å². The lowest BCUT2D eigenvalue weighted by Crippen LogP contribution is -2.07. The molecule has 0 radical (unpaired) electrons. The van der Waals surface area contributed by atoms with Crippen LogP contribution in [-0.2, 0) is 13.1 Å². The van der Waals surface area contributed by atoms with Gasteiger partial charge in [-0.25, -0.2) is 9.07 Å². The van der Waals surface area contributed by atoms with E-state index in [1.165, 1.54) is 12.1 Å². The number of rotatable bonds is 5. The SMILES string of the molecule is CCn1nnnc1NCc1ccc(-c2ccc(F)cc2)o1. The number of tetrazole rings is 1. The van der Waals surface area contributed by atoms with Gasteiger partial charge in [-0.05, 0) is 53.7 Å². The van der Waals surface area contributed by atoms with Gasteiger partial charge in [-0.3, -0.25) is 0 Å². The summed E-state index contributed by atoms with van der Waals surface area (Å²) in [6, 6.07) is 9.90. The third kappa shape index (κ3) is 2.91. The van der Waals surface area contributed by atoms with Gasteiger partial charge in [0.1, 0.15) is 17.3 Å². The minimum Gasteiger partial charge on any atom is -0.459 e. The molecule has 0 aliphatic carbocycles. The standard InChI is InChI=1S/C14H14FN5O/c1-2-20-14(17-18-19-20)16-9-12-7-8-13(21-12)10-3-5-11(15)6-4-10/h3-8H,2,9H2,1H3,(H,16,17,19). The highest BCUT2D eigenvalue weighted by Crippen LogP contribution is 2.22. The van der Waals surface area contributed by atoms with E-state index in [1.807, 2.05) is 19.1 Å². The molecule has 7 heteroatoms. The van der Waals surface area contributed by atoms with Crippen molar-refractivity contribution in [2.24, 2.45) is 0 Å². The molecule has 108 valence electrons. The predicted octanol–water partition coefficient (Wildman–Crippen LogP) is 2.70. The Hall–Kier alpha value is -2.70. The molecule has 1 N–H and O–H groups in total. The summed E-state index contributed by atoms with van der Waals surface area (Å²) in [6.45, 7) is 3.12. The van der Waals surface area contributed by atoms with Gasteiger partial charge in [0.15, 0.2) is 0 Å². The van der Waals surface area contributed by atoms with Gasteiger partial charge in [0.2, 0.25) is 5.95 Å². The van der Waals surface area contributed by atoms with Crippen molar-refractivity contribution in [2.45, 2.75) is 20.0 Å². The Bertz CT molecular complexity index is 719. The zero-order valence-corrected chi connectivity index (χ0v) is 11.5.